The fourth-order valence-electron chi connectivity index (χ4n) is 2.38. The van der Waals surface area contributed by atoms with Crippen molar-refractivity contribution in [1.29, 1.82) is 0 Å². The zero-order chi connectivity index (χ0) is 19.9. The smallest absolute Gasteiger partial charge is 0.289 e. The van der Waals surface area contributed by atoms with E-state index in [0.29, 0.717) is 34.0 Å². The molecule has 7 nitrogen and oxygen atoms in total. The van der Waals surface area contributed by atoms with Crippen molar-refractivity contribution in [3.05, 3.63) is 65.9 Å². The van der Waals surface area contributed by atoms with Gasteiger partial charge in [-0.1, -0.05) is 6.92 Å². The number of fused-ring (bicyclic) bond motifs is 1. The number of rotatable bonds is 7. The maximum absolute atomic E-state index is 12.5. The average Bonchev–Trinajstić information content (AvgIpc) is 3.18. The third kappa shape index (κ3) is 4.56. The van der Waals surface area contributed by atoms with Crippen molar-refractivity contribution in [2.24, 2.45) is 4.99 Å². The van der Waals surface area contributed by atoms with Gasteiger partial charge in [0.15, 0.2) is 18.4 Å². The Morgan fingerprint density at radius 1 is 1.25 bits per heavy atom. The Balaban J connectivity index is 1.69. The van der Waals surface area contributed by atoms with E-state index in [0.717, 1.165) is 12.0 Å². The molecule has 1 heterocycles. The Morgan fingerprint density at radius 3 is 2.75 bits per heavy atom. The van der Waals surface area contributed by atoms with Crippen LogP contribution < -0.4 is 10.1 Å². The lowest BCUT2D eigenvalue weighted by molar-refractivity contribution is 0.102. The van der Waals surface area contributed by atoms with Gasteiger partial charge >= 0.3 is 0 Å². The van der Waals surface area contributed by atoms with E-state index in [1.807, 2.05) is 13.8 Å². The molecule has 3 rings (SSSR count). The second-order valence-corrected chi connectivity index (χ2v) is 6.02. The lowest BCUT2D eigenvalue weighted by Crippen LogP contribution is -2.11. The molecule has 28 heavy (non-hydrogen) atoms. The first-order valence-electron chi connectivity index (χ1n) is 8.80. The van der Waals surface area contributed by atoms with Crippen LogP contribution in [0, 0.1) is 0 Å². The normalized spacial score (nSPS) is 12.1. The molecule has 0 spiro atoms. The van der Waals surface area contributed by atoms with Gasteiger partial charge in [0, 0.05) is 23.9 Å². The Bertz CT molecular complexity index is 1020. The SMILES string of the molecule is CC/C(C)=C(/OC=NC)Oc1ccc(C(=O)Nc2ccc3ocnc3c2)cc1. The van der Waals surface area contributed by atoms with Crippen LogP contribution in [0.2, 0.25) is 0 Å². The Hall–Kier alpha value is -3.61. The summed E-state index contributed by atoms with van der Waals surface area (Å²) in [5.41, 5.74) is 3.44. The van der Waals surface area contributed by atoms with Crippen molar-refractivity contribution >= 4 is 29.1 Å². The van der Waals surface area contributed by atoms with Crippen molar-refractivity contribution in [2.75, 3.05) is 12.4 Å². The lowest BCUT2D eigenvalue weighted by Gasteiger charge is -2.11. The summed E-state index contributed by atoms with van der Waals surface area (Å²) in [6, 6.07) is 12.1. The minimum atomic E-state index is -0.232. The summed E-state index contributed by atoms with van der Waals surface area (Å²) >= 11 is 0. The highest BCUT2D eigenvalue weighted by Gasteiger charge is 2.10. The van der Waals surface area contributed by atoms with E-state index < -0.39 is 0 Å². The van der Waals surface area contributed by atoms with Gasteiger partial charge < -0.3 is 19.2 Å². The molecule has 0 bridgehead atoms. The first kappa shape index (κ1) is 19.2. The molecular formula is C21H21N3O4. The molecule has 1 aromatic heterocycles. The first-order chi connectivity index (χ1) is 13.6. The molecule has 2 aromatic carbocycles. The number of nitrogens with one attached hydrogen (secondary N) is 1. The minimum absolute atomic E-state index is 0.232. The van der Waals surface area contributed by atoms with Crippen LogP contribution >= 0.6 is 0 Å². The minimum Gasteiger partial charge on any atom is -0.443 e. The van der Waals surface area contributed by atoms with E-state index in [2.05, 4.69) is 15.3 Å². The maximum Gasteiger partial charge on any atom is 0.289 e. The number of carbonyl (C=O) groups is 1. The third-order valence-corrected chi connectivity index (χ3v) is 4.06. The van der Waals surface area contributed by atoms with E-state index >= 15 is 0 Å². The van der Waals surface area contributed by atoms with Gasteiger partial charge in [-0.15, -0.1) is 0 Å². The molecule has 3 aromatic rings. The second kappa shape index (κ2) is 8.85. The number of nitrogens with zero attached hydrogens (tertiary/aromatic N) is 2. The van der Waals surface area contributed by atoms with Gasteiger partial charge in [0.25, 0.3) is 11.9 Å². The maximum atomic E-state index is 12.5. The Morgan fingerprint density at radius 2 is 2.04 bits per heavy atom. The van der Waals surface area contributed by atoms with E-state index in [1.54, 1.807) is 49.5 Å². The highest BCUT2D eigenvalue weighted by molar-refractivity contribution is 6.04. The van der Waals surface area contributed by atoms with E-state index in [1.165, 1.54) is 12.8 Å². The van der Waals surface area contributed by atoms with Crippen molar-refractivity contribution in [2.45, 2.75) is 20.3 Å². The van der Waals surface area contributed by atoms with Gasteiger partial charge in [-0.05, 0) is 55.8 Å². The van der Waals surface area contributed by atoms with Crippen LogP contribution in [0.25, 0.3) is 11.1 Å². The number of anilines is 1. The number of ether oxygens (including phenoxy) is 2. The van der Waals surface area contributed by atoms with Crippen LogP contribution in [-0.2, 0) is 4.74 Å². The number of oxazole rings is 1. The largest absolute Gasteiger partial charge is 0.443 e. The monoisotopic (exact) mass is 379 g/mol. The molecule has 1 N–H and O–H groups in total. The molecule has 0 aliphatic rings. The van der Waals surface area contributed by atoms with Crippen molar-refractivity contribution in [1.82, 2.24) is 4.98 Å². The molecule has 144 valence electrons. The van der Waals surface area contributed by atoms with E-state index in [4.69, 9.17) is 13.9 Å². The molecule has 0 radical (unpaired) electrons. The average molecular weight is 379 g/mol. The van der Waals surface area contributed by atoms with Gasteiger partial charge in [-0.3, -0.25) is 9.79 Å². The van der Waals surface area contributed by atoms with Gasteiger partial charge in [0.05, 0.1) is 0 Å². The molecule has 0 unspecified atom stereocenters. The van der Waals surface area contributed by atoms with Gasteiger partial charge in [0.2, 0.25) is 0 Å². The van der Waals surface area contributed by atoms with Gasteiger partial charge in [-0.2, -0.15) is 0 Å². The number of allylic oxidation sites excluding steroid dienone is 1. The first-order valence-corrected chi connectivity index (χ1v) is 8.80. The zero-order valence-corrected chi connectivity index (χ0v) is 15.9. The molecule has 0 saturated carbocycles. The molecule has 0 aliphatic carbocycles. The standard InChI is InChI=1S/C21H21N3O4/c1-4-14(2)21(27-12-22-3)28-17-8-5-15(6-9-17)20(25)24-16-7-10-19-18(11-16)23-13-26-19/h5-13H,4H2,1-3H3,(H,24,25)/b21-14-,22-12?. The molecule has 7 heteroatoms. The molecule has 1 amide bonds. The number of hydrogen-bond donors (Lipinski definition) is 1. The molecule has 0 aliphatic heterocycles. The summed E-state index contributed by atoms with van der Waals surface area (Å²) in [6.45, 7) is 3.93. The van der Waals surface area contributed by atoms with Crippen LogP contribution in [0.4, 0.5) is 5.69 Å². The highest BCUT2D eigenvalue weighted by atomic mass is 16.7. The Kier molecular flexibility index (Phi) is 6.06. The van der Waals surface area contributed by atoms with Crippen molar-refractivity contribution in [3.8, 4) is 5.75 Å². The number of carbonyl (C=O) groups excluding carboxylic acids is 1. The summed E-state index contributed by atoms with van der Waals surface area (Å²) in [5.74, 6) is 0.711. The highest BCUT2D eigenvalue weighted by Crippen LogP contribution is 2.21. The van der Waals surface area contributed by atoms with Crippen molar-refractivity contribution in [3.63, 3.8) is 0 Å². The quantitative estimate of drug-likeness (QED) is 0.363. The zero-order valence-electron chi connectivity index (χ0n) is 15.9. The number of hydrogen-bond acceptors (Lipinski definition) is 6. The van der Waals surface area contributed by atoms with Crippen LogP contribution in [0.1, 0.15) is 30.6 Å². The summed E-state index contributed by atoms with van der Waals surface area (Å²) in [4.78, 5) is 20.4. The predicted octanol–water partition coefficient (Wildman–Crippen LogP) is 4.78. The lowest BCUT2D eigenvalue weighted by atomic mass is 10.2. The fraction of sp³-hybridized carbons (Fsp3) is 0.190. The molecule has 0 atom stereocenters. The molecular weight excluding hydrogens is 358 g/mol. The number of aromatic nitrogens is 1. The predicted molar refractivity (Wildman–Crippen MR) is 108 cm³/mol. The van der Waals surface area contributed by atoms with Gasteiger partial charge in [-0.25, -0.2) is 4.98 Å². The number of amides is 1. The summed E-state index contributed by atoms with van der Waals surface area (Å²) < 4.78 is 16.4. The van der Waals surface area contributed by atoms with Crippen molar-refractivity contribution < 1.29 is 18.7 Å². The number of aliphatic imine (C=N–C) groups is 1. The van der Waals surface area contributed by atoms with Crippen LogP contribution in [0.5, 0.6) is 5.75 Å². The van der Waals surface area contributed by atoms with Crippen LogP contribution in [0.3, 0.4) is 0 Å². The van der Waals surface area contributed by atoms with Crippen LogP contribution in [-0.4, -0.2) is 24.3 Å². The van der Waals surface area contributed by atoms with Crippen LogP contribution in [0.15, 0.2) is 69.8 Å². The summed E-state index contributed by atoms with van der Waals surface area (Å²) in [5, 5.41) is 2.84. The topological polar surface area (TPSA) is 86.0 Å². The van der Waals surface area contributed by atoms with E-state index in [-0.39, 0.29) is 5.91 Å². The Labute approximate surface area is 162 Å². The molecule has 0 saturated heterocycles. The number of benzene rings is 2. The van der Waals surface area contributed by atoms with Gasteiger partial charge in [0.1, 0.15) is 11.3 Å². The molecule has 0 fully saturated rings. The summed E-state index contributed by atoms with van der Waals surface area (Å²) in [6.07, 6.45) is 3.47. The summed E-state index contributed by atoms with van der Waals surface area (Å²) in [7, 11) is 1.62. The second-order valence-electron chi connectivity index (χ2n) is 6.02. The third-order valence-electron chi connectivity index (χ3n) is 4.06. The van der Waals surface area contributed by atoms with E-state index in [9.17, 15) is 4.79 Å². The fourth-order valence-corrected chi connectivity index (χ4v) is 2.38.